The maximum absolute atomic E-state index is 6.85. The van der Waals surface area contributed by atoms with Crippen molar-refractivity contribution in [2.45, 2.75) is 45.8 Å². The predicted octanol–water partition coefficient (Wildman–Crippen LogP) is 6.39. The van der Waals surface area contributed by atoms with E-state index in [-0.39, 0.29) is 23.9 Å². The summed E-state index contributed by atoms with van der Waals surface area (Å²) in [6, 6.07) is 0. The second kappa shape index (κ2) is 8.20. The molecule has 0 fully saturated rings. The van der Waals surface area contributed by atoms with Crippen molar-refractivity contribution < 1.29 is 9.47 Å². The Morgan fingerprint density at radius 3 is 1.97 bits per heavy atom. The van der Waals surface area contributed by atoms with Crippen LogP contribution in [0, 0.1) is 17.8 Å². The molecule has 4 rings (SSSR count). The summed E-state index contributed by atoms with van der Waals surface area (Å²) in [5.41, 5.74) is 3.31. The van der Waals surface area contributed by atoms with Gasteiger partial charge in [0.1, 0.15) is 11.4 Å². The molecular weight excluding hydrogens is 356 g/mol. The van der Waals surface area contributed by atoms with Crippen molar-refractivity contribution in [2.75, 3.05) is 6.61 Å². The second-order valence-corrected chi connectivity index (χ2v) is 8.42. The van der Waals surface area contributed by atoms with Crippen LogP contribution in [0.1, 0.15) is 34.1 Å². The molecule has 0 aromatic carbocycles. The molecule has 0 N–H and O–H groups in total. The molecule has 2 nitrogen and oxygen atoms in total. The van der Waals surface area contributed by atoms with Crippen LogP contribution in [-0.4, -0.2) is 18.3 Å². The zero-order chi connectivity index (χ0) is 20.4. The van der Waals surface area contributed by atoms with Crippen LogP contribution in [0.15, 0.2) is 95.4 Å². The fraction of sp³-hybridized carbons (Fsp3) is 0.407. The van der Waals surface area contributed by atoms with Gasteiger partial charge in [0.05, 0.1) is 6.10 Å². The highest BCUT2D eigenvalue weighted by molar-refractivity contribution is 5.61. The van der Waals surface area contributed by atoms with Crippen LogP contribution in [-0.2, 0) is 9.47 Å². The Bertz CT molecular complexity index is 851. The van der Waals surface area contributed by atoms with Crippen LogP contribution in [0.25, 0.3) is 0 Å². The topological polar surface area (TPSA) is 18.5 Å². The standard InChI is InChI=1S/C27H32O2/c1-5-18-28-27(23-16-10-11-17-23)20(4)24(21-12-6-7-13-21)26(29-19(2)3)25(27)22-14-8-9-15-22/h6-17,19,21-23H,5,18H2,1-4H3. The maximum atomic E-state index is 6.85. The maximum Gasteiger partial charge on any atom is 0.127 e. The first kappa shape index (κ1) is 20.0. The van der Waals surface area contributed by atoms with Crippen molar-refractivity contribution in [2.24, 2.45) is 17.8 Å². The zero-order valence-corrected chi connectivity index (χ0v) is 18.0. The Labute approximate surface area is 175 Å². The quantitative estimate of drug-likeness (QED) is 0.480. The third-order valence-electron chi connectivity index (χ3n) is 6.12. The molecule has 0 saturated heterocycles. The molecule has 0 aromatic rings. The first-order valence-corrected chi connectivity index (χ1v) is 10.9. The lowest BCUT2D eigenvalue weighted by Crippen LogP contribution is -2.43. The van der Waals surface area contributed by atoms with Crippen molar-refractivity contribution in [3.05, 3.63) is 95.4 Å². The molecule has 0 spiro atoms. The van der Waals surface area contributed by atoms with E-state index in [1.54, 1.807) is 0 Å². The third kappa shape index (κ3) is 3.34. The average molecular weight is 389 g/mol. The van der Waals surface area contributed by atoms with Gasteiger partial charge in [-0.1, -0.05) is 79.8 Å². The molecule has 0 bridgehead atoms. The Kier molecular flexibility index (Phi) is 5.65. The van der Waals surface area contributed by atoms with E-state index in [0.717, 1.165) is 18.8 Å². The van der Waals surface area contributed by atoms with Gasteiger partial charge in [0.25, 0.3) is 0 Å². The molecular formula is C27H32O2. The van der Waals surface area contributed by atoms with Crippen molar-refractivity contribution in [1.82, 2.24) is 0 Å². The van der Waals surface area contributed by atoms with Gasteiger partial charge < -0.3 is 9.47 Å². The normalized spacial score (nSPS) is 26.7. The van der Waals surface area contributed by atoms with Gasteiger partial charge in [0, 0.05) is 35.5 Å². The minimum absolute atomic E-state index is 0.100. The summed E-state index contributed by atoms with van der Waals surface area (Å²) in [6.07, 6.45) is 27.5. The molecule has 152 valence electrons. The minimum atomic E-state index is -0.507. The Balaban J connectivity index is 1.97. The van der Waals surface area contributed by atoms with Crippen LogP contribution < -0.4 is 0 Å². The minimum Gasteiger partial charge on any atom is -0.491 e. The highest BCUT2D eigenvalue weighted by atomic mass is 16.5. The van der Waals surface area contributed by atoms with Gasteiger partial charge in [-0.25, -0.2) is 0 Å². The van der Waals surface area contributed by atoms with E-state index in [9.17, 15) is 0 Å². The van der Waals surface area contributed by atoms with Gasteiger partial charge in [-0.2, -0.15) is 0 Å². The van der Waals surface area contributed by atoms with E-state index in [0.29, 0.717) is 0 Å². The first-order chi connectivity index (χ1) is 14.1. The van der Waals surface area contributed by atoms with E-state index in [1.165, 1.54) is 16.7 Å². The van der Waals surface area contributed by atoms with Gasteiger partial charge >= 0.3 is 0 Å². The summed E-state index contributed by atoms with van der Waals surface area (Å²) in [6.45, 7) is 9.37. The number of hydrogen-bond donors (Lipinski definition) is 0. The third-order valence-corrected chi connectivity index (χ3v) is 6.12. The lowest BCUT2D eigenvalue weighted by atomic mass is 9.74. The van der Waals surface area contributed by atoms with Crippen molar-refractivity contribution in [1.29, 1.82) is 0 Å². The van der Waals surface area contributed by atoms with Crippen LogP contribution in [0.4, 0.5) is 0 Å². The summed E-state index contributed by atoms with van der Waals surface area (Å²) in [5.74, 6) is 1.62. The summed E-state index contributed by atoms with van der Waals surface area (Å²) < 4.78 is 13.4. The lowest BCUT2D eigenvalue weighted by Gasteiger charge is -2.40. The molecule has 0 aromatic heterocycles. The zero-order valence-electron chi connectivity index (χ0n) is 18.0. The SMILES string of the molecule is CCCOC1(C2C=CC=C2)C(C)=C(C2C=CC=C2)C(OC(C)C)=C1C1C=CC=C1. The van der Waals surface area contributed by atoms with E-state index in [4.69, 9.17) is 9.47 Å². The summed E-state index contributed by atoms with van der Waals surface area (Å²) in [4.78, 5) is 0. The summed E-state index contributed by atoms with van der Waals surface area (Å²) in [5, 5.41) is 0. The Morgan fingerprint density at radius 1 is 0.862 bits per heavy atom. The van der Waals surface area contributed by atoms with Crippen molar-refractivity contribution >= 4 is 0 Å². The largest absolute Gasteiger partial charge is 0.491 e. The molecule has 0 saturated carbocycles. The molecule has 0 aliphatic heterocycles. The van der Waals surface area contributed by atoms with Crippen LogP contribution in [0.5, 0.6) is 0 Å². The number of allylic oxidation sites excluding steroid dienone is 11. The summed E-state index contributed by atoms with van der Waals surface area (Å²) >= 11 is 0. The second-order valence-electron chi connectivity index (χ2n) is 8.42. The molecule has 0 heterocycles. The van der Waals surface area contributed by atoms with E-state index < -0.39 is 5.60 Å². The molecule has 4 aliphatic rings. The van der Waals surface area contributed by atoms with Gasteiger partial charge in [0.2, 0.25) is 0 Å². The predicted molar refractivity (Wildman–Crippen MR) is 120 cm³/mol. The number of ether oxygens (including phenoxy) is 2. The molecule has 1 atom stereocenters. The summed E-state index contributed by atoms with van der Waals surface area (Å²) in [7, 11) is 0. The van der Waals surface area contributed by atoms with E-state index in [2.05, 4.69) is 101 Å². The molecule has 2 heteroatoms. The molecule has 29 heavy (non-hydrogen) atoms. The van der Waals surface area contributed by atoms with Gasteiger partial charge in [-0.15, -0.1) is 0 Å². The lowest BCUT2D eigenvalue weighted by molar-refractivity contribution is -0.0109. The van der Waals surface area contributed by atoms with E-state index >= 15 is 0 Å². The number of hydrogen-bond acceptors (Lipinski definition) is 2. The van der Waals surface area contributed by atoms with Crippen LogP contribution in [0.3, 0.4) is 0 Å². The highest BCUT2D eigenvalue weighted by Crippen LogP contribution is 2.55. The molecule has 0 amide bonds. The van der Waals surface area contributed by atoms with Crippen LogP contribution >= 0.6 is 0 Å². The van der Waals surface area contributed by atoms with Gasteiger partial charge in [-0.3, -0.25) is 0 Å². The smallest absolute Gasteiger partial charge is 0.127 e. The number of rotatable bonds is 8. The van der Waals surface area contributed by atoms with Gasteiger partial charge in [-0.05, 0) is 32.8 Å². The first-order valence-electron chi connectivity index (χ1n) is 10.9. The van der Waals surface area contributed by atoms with E-state index in [1.807, 2.05) is 0 Å². The Morgan fingerprint density at radius 2 is 1.41 bits per heavy atom. The van der Waals surface area contributed by atoms with Crippen LogP contribution in [0.2, 0.25) is 0 Å². The average Bonchev–Trinajstić information content (AvgIpc) is 3.48. The van der Waals surface area contributed by atoms with Crippen molar-refractivity contribution in [3.8, 4) is 0 Å². The monoisotopic (exact) mass is 388 g/mol. The molecule has 4 aliphatic carbocycles. The molecule has 1 unspecified atom stereocenters. The fourth-order valence-electron chi connectivity index (χ4n) is 4.98. The Hall–Kier alpha value is -2.32. The fourth-order valence-corrected chi connectivity index (χ4v) is 4.98. The van der Waals surface area contributed by atoms with Crippen molar-refractivity contribution in [3.63, 3.8) is 0 Å². The highest BCUT2D eigenvalue weighted by Gasteiger charge is 2.53. The van der Waals surface area contributed by atoms with Gasteiger partial charge in [0.15, 0.2) is 0 Å². The molecule has 0 radical (unpaired) electrons.